The lowest BCUT2D eigenvalue weighted by atomic mass is 9.95. The van der Waals surface area contributed by atoms with Gasteiger partial charge in [-0.2, -0.15) is 0 Å². The summed E-state index contributed by atoms with van der Waals surface area (Å²) in [6, 6.07) is 20.0. The van der Waals surface area contributed by atoms with Gasteiger partial charge < -0.3 is 9.73 Å². The Balaban J connectivity index is 1.24. The fourth-order valence-corrected chi connectivity index (χ4v) is 3.60. The van der Waals surface area contributed by atoms with E-state index in [-0.39, 0.29) is 11.8 Å². The molecule has 3 aromatic rings. The molecule has 0 spiro atoms. The van der Waals surface area contributed by atoms with E-state index in [4.69, 9.17) is 4.42 Å². The van der Waals surface area contributed by atoms with Crippen LogP contribution in [0.4, 0.5) is 0 Å². The van der Waals surface area contributed by atoms with Crippen molar-refractivity contribution >= 4 is 5.91 Å². The van der Waals surface area contributed by atoms with E-state index in [1.165, 1.54) is 0 Å². The highest BCUT2D eigenvalue weighted by Gasteiger charge is 2.25. The molecular formula is C23H25N3O2. The smallest absolute Gasteiger partial charge is 0.226 e. The second-order valence-electron chi connectivity index (χ2n) is 7.26. The Hall–Kier alpha value is -2.92. The Labute approximate surface area is 165 Å². The molecule has 1 aliphatic rings. The van der Waals surface area contributed by atoms with Gasteiger partial charge in [0, 0.05) is 24.6 Å². The van der Waals surface area contributed by atoms with Crippen LogP contribution in [0.25, 0.3) is 11.5 Å². The van der Waals surface area contributed by atoms with E-state index in [0.717, 1.165) is 49.3 Å². The molecule has 0 radical (unpaired) electrons. The zero-order chi connectivity index (χ0) is 19.2. The largest absolute Gasteiger partial charge is 0.444 e. The molecule has 1 amide bonds. The predicted octanol–water partition coefficient (Wildman–Crippen LogP) is 3.87. The fourth-order valence-electron chi connectivity index (χ4n) is 3.60. The standard InChI is InChI=1S/C23H25N3O2/c27-22(24-15-18-7-3-1-4-8-18)19-11-13-26(14-12-19)16-21-17-28-23(25-21)20-9-5-2-6-10-20/h1-10,17,19H,11-16H2,(H,24,27). The maximum atomic E-state index is 12.4. The highest BCUT2D eigenvalue weighted by molar-refractivity contribution is 5.78. The summed E-state index contributed by atoms with van der Waals surface area (Å²) in [6.45, 7) is 3.16. The zero-order valence-electron chi connectivity index (χ0n) is 15.9. The van der Waals surface area contributed by atoms with Crippen LogP contribution < -0.4 is 5.32 Å². The summed E-state index contributed by atoms with van der Waals surface area (Å²) in [5.41, 5.74) is 3.06. The van der Waals surface area contributed by atoms with Crippen molar-refractivity contribution in [1.29, 1.82) is 0 Å². The first-order valence-corrected chi connectivity index (χ1v) is 9.82. The first-order valence-electron chi connectivity index (χ1n) is 9.82. The number of nitrogens with zero attached hydrogens (tertiary/aromatic N) is 2. The second kappa shape index (κ2) is 8.85. The van der Waals surface area contributed by atoms with Crippen LogP contribution in [0.15, 0.2) is 71.3 Å². The van der Waals surface area contributed by atoms with Crippen LogP contribution in [0.1, 0.15) is 24.1 Å². The van der Waals surface area contributed by atoms with Crippen LogP contribution in [-0.4, -0.2) is 28.9 Å². The van der Waals surface area contributed by atoms with Gasteiger partial charge in [0.05, 0.1) is 5.69 Å². The lowest BCUT2D eigenvalue weighted by Crippen LogP contribution is -2.40. The van der Waals surface area contributed by atoms with Crippen molar-refractivity contribution in [3.63, 3.8) is 0 Å². The van der Waals surface area contributed by atoms with E-state index < -0.39 is 0 Å². The number of oxazole rings is 1. The third-order valence-corrected chi connectivity index (χ3v) is 5.23. The van der Waals surface area contributed by atoms with Crippen LogP contribution in [0, 0.1) is 5.92 Å². The van der Waals surface area contributed by atoms with Crippen molar-refractivity contribution in [2.75, 3.05) is 13.1 Å². The SMILES string of the molecule is O=C(NCc1ccccc1)C1CCN(Cc2coc(-c3ccccc3)n2)CC1. The second-order valence-corrected chi connectivity index (χ2v) is 7.26. The molecule has 0 aliphatic carbocycles. The lowest BCUT2D eigenvalue weighted by Gasteiger charge is -2.30. The molecule has 1 aliphatic heterocycles. The Kier molecular flexibility index (Phi) is 5.83. The molecule has 4 rings (SSSR count). The summed E-state index contributed by atoms with van der Waals surface area (Å²) in [7, 11) is 0. The number of nitrogens with one attached hydrogen (secondary N) is 1. The van der Waals surface area contributed by atoms with Gasteiger partial charge in [-0.3, -0.25) is 9.69 Å². The molecule has 2 heterocycles. The minimum atomic E-state index is 0.0946. The Morgan fingerprint density at radius 2 is 1.71 bits per heavy atom. The van der Waals surface area contributed by atoms with E-state index in [0.29, 0.717) is 12.4 Å². The third kappa shape index (κ3) is 4.67. The molecule has 2 aromatic carbocycles. The third-order valence-electron chi connectivity index (χ3n) is 5.23. The van der Waals surface area contributed by atoms with Crippen LogP contribution in [0.2, 0.25) is 0 Å². The van der Waals surface area contributed by atoms with Crippen molar-refractivity contribution in [2.45, 2.75) is 25.9 Å². The fraction of sp³-hybridized carbons (Fsp3) is 0.304. The molecule has 0 unspecified atom stereocenters. The molecule has 5 nitrogen and oxygen atoms in total. The molecule has 1 N–H and O–H groups in total. The van der Waals surface area contributed by atoms with Gasteiger partial charge in [-0.1, -0.05) is 48.5 Å². The molecular weight excluding hydrogens is 350 g/mol. The summed E-state index contributed by atoms with van der Waals surface area (Å²) in [4.78, 5) is 19.4. The van der Waals surface area contributed by atoms with E-state index in [1.54, 1.807) is 6.26 Å². The Morgan fingerprint density at radius 3 is 2.43 bits per heavy atom. The highest BCUT2D eigenvalue weighted by Crippen LogP contribution is 2.22. The highest BCUT2D eigenvalue weighted by atomic mass is 16.3. The van der Waals surface area contributed by atoms with Gasteiger partial charge in [0.25, 0.3) is 0 Å². The number of rotatable bonds is 6. The zero-order valence-corrected chi connectivity index (χ0v) is 15.9. The number of benzene rings is 2. The lowest BCUT2D eigenvalue weighted by molar-refractivity contribution is -0.126. The van der Waals surface area contributed by atoms with Gasteiger partial charge in [-0.05, 0) is 43.6 Å². The monoisotopic (exact) mass is 375 g/mol. The van der Waals surface area contributed by atoms with Crippen LogP contribution in [-0.2, 0) is 17.9 Å². The maximum absolute atomic E-state index is 12.4. The average Bonchev–Trinajstić information content (AvgIpc) is 3.22. The molecule has 1 aromatic heterocycles. The Morgan fingerprint density at radius 1 is 1.04 bits per heavy atom. The van der Waals surface area contributed by atoms with Crippen molar-refractivity contribution in [3.05, 3.63) is 78.2 Å². The van der Waals surface area contributed by atoms with Crippen molar-refractivity contribution in [1.82, 2.24) is 15.2 Å². The van der Waals surface area contributed by atoms with Crippen molar-refractivity contribution in [2.24, 2.45) is 5.92 Å². The molecule has 1 fully saturated rings. The van der Waals surface area contributed by atoms with Gasteiger partial charge in [-0.15, -0.1) is 0 Å². The normalized spacial score (nSPS) is 15.4. The first kappa shape index (κ1) is 18.4. The number of aromatic nitrogens is 1. The minimum absolute atomic E-state index is 0.0946. The minimum Gasteiger partial charge on any atom is -0.444 e. The topological polar surface area (TPSA) is 58.4 Å². The molecule has 1 saturated heterocycles. The quantitative estimate of drug-likeness (QED) is 0.711. The molecule has 0 bridgehead atoms. The maximum Gasteiger partial charge on any atom is 0.226 e. The van der Waals surface area contributed by atoms with Gasteiger partial charge >= 0.3 is 0 Å². The number of hydrogen-bond acceptors (Lipinski definition) is 4. The van der Waals surface area contributed by atoms with Gasteiger partial charge in [0.2, 0.25) is 11.8 Å². The summed E-state index contributed by atoms with van der Waals surface area (Å²) < 4.78 is 5.62. The van der Waals surface area contributed by atoms with E-state index in [2.05, 4.69) is 15.2 Å². The van der Waals surface area contributed by atoms with Crippen molar-refractivity contribution < 1.29 is 9.21 Å². The first-order chi connectivity index (χ1) is 13.8. The summed E-state index contributed by atoms with van der Waals surface area (Å²) in [5, 5.41) is 3.07. The number of carbonyl (C=O) groups is 1. The van der Waals surface area contributed by atoms with E-state index in [1.807, 2.05) is 60.7 Å². The Bertz CT molecular complexity index is 884. The summed E-state index contributed by atoms with van der Waals surface area (Å²) in [5.74, 6) is 0.916. The number of hydrogen-bond donors (Lipinski definition) is 1. The number of carbonyl (C=O) groups excluding carboxylic acids is 1. The van der Waals surface area contributed by atoms with Gasteiger partial charge in [0.1, 0.15) is 6.26 Å². The summed E-state index contributed by atoms with van der Waals surface area (Å²) in [6.07, 6.45) is 3.50. The van der Waals surface area contributed by atoms with Gasteiger partial charge in [0.15, 0.2) is 0 Å². The summed E-state index contributed by atoms with van der Waals surface area (Å²) >= 11 is 0. The number of likely N-dealkylation sites (tertiary alicyclic amines) is 1. The molecule has 5 heteroatoms. The number of amides is 1. The molecule has 0 saturated carbocycles. The molecule has 28 heavy (non-hydrogen) atoms. The van der Waals surface area contributed by atoms with E-state index in [9.17, 15) is 4.79 Å². The van der Waals surface area contributed by atoms with E-state index >= 15 is 0 Å². The molecule has 144 valence electrons. The van der Waals surface area contributed by atoms with Crippen LogP contribution in [0.3, 0.4) is 0 Å². The number of piperidine rings is 1. The molecule has 0 atom stereocenters. The average molecular weight is 375 g/mol. The van der Waals surface area contributed by atoms with Crippen LogP contribution in [0.5, 0.6) is 0 Å². The van der Waals surface area contributed by atoms with Crippen LogP contribution >= 0.6 is 0 Å². The van der Waals surface area contributed by atoms with Crippen molar-refractivity contribution in [3.8, 4) is 11.5 Å². The predicted molar refractivity (Wildman–Crippen MR) is 108 cm³/mol. The van der Waals surface area contributed by atoms with Gasteiger partial charge in [-0.25, -0.2) is 4.98 Å².